The Kier molecular flexibility index (Phi) is 8.62. The third kappa shape index (κ3) is 6.97. The minimum atomic E-state index is -0.313. The van der Waals surface area contributed by atoms with Crippen molar-refractivity contribution in [2.75, 3.05) is 17.2 Å². The van der Waals surface area contributed by atoms with E-state index in [9.17, 15) is 9.59 Å². The Morgan fingerprint density at radius 3 is 2.33 bits per heavy atom. The molecule has 0 saturated carbocycles. The minimum absolute atomic E-state index is 0.148. The van der Waals surface area contributed by atoms with Gasteiger partial charge in [0.15, 0.2) is 0 Å². The van der Waals surface area contributed by atoms with Crippen LogP contribution in [-0.4, -0.2) is 45.5 Å². The summed E-state index contributed by atoms with van der Waals surface area (Å²) in [4.78, 5) is 27.9. The number of aromatic nitrogens is 2. The van der Waals surface area contributed by atoms with E-state index in [1.807, 2.05) is 54.3 Å². The van der Waals surface area contributed by atoms with Crippen molar-refractivity contribution < 1.29 is 14.3 Å². The van der Waals surface area contributed by atoms with E-state index in [4.69, 9.17) is 9.84 Å². The quantitative estimate of drug-likeness (QED) is 0.304. The van der Waals surface area contributed by atoms with Gasteiger partial charge in [0.1, 0.15) is 5.82 Å². The van der Waals surface area contributed by atoms with Crippen LogP contribution in [0, 0.1) is 18.8 Å². The van der Waals surface area contributed by atoms with Crippen molar-refractivity contribution in [3.63, 3.8) is 0 Å². The van der Waals surface area contributed by atoms with Crippen LogP contribution in [0.1, 0.15) is 77.1 Å². The number of urea groups is 1. The van der Waals surface area contributed by atoms with Gasteiger partial charge < -0.3 is 15.0 Å². The highest BCUT2D eigenvalue weighted by Crippen LogP contribution is 2.40. The molecule has 2 saturated heterocycles. The number of nitrogens with zero attached hydrogens (tertiary/aromatic N) is 3. The summed E-state index contributed by atoms with van der Waals surface area (Å²) >= 11 is 0. The van der Waals surface area contributed by atoms with Gasteiger partial charge in [-0.25, -0.2) is 14.3 Å². The van der Waals surface area contributed by atoms with Crippen molar-refractivity contribution in [1.82, 2.24) is 14.7 Å². The third-order valence-electron chi connectivity index (χ3n) is 8.29. The number of amides is 3. The Labute approximate surface area is 249 Å². The predicted molar refractivity (Wildman–Crippen MR) is 167 cm³/mol. The largest absolute Gasteiger partial charge is 0.449 e. The summed E-state index contributed by atoms with van der Waals surface area (Å²) in [6, 6.07) is 18.3. The fraction of sp³-hybridized carbons (Fsp3) is 0.500. The lowest BCUT2D eigenvalue weighted by molar-refractivity contribution is 0.0511. The van der Waals surface area contributed by atoms with Crippen LogP contribution >= 0.6 is 0 Å². The number of fused-ring (bicyclic) bond motifs is 2. The molecule has 2 N–H and O–H groups in total. The summed E-state index contributed by atoms with van der Waals surface area (Å²) in [5.41, 5.74) is 4.72. The first kappa shape index (κ1) is 29.7. The number of nitrogens with one attached hydrogen (secondary N) is 2. The number of hydrogen-bond donors (Lipinski definition) is 2. The fourth-order valence-corrected chi connectivity index (χ4v) is 6.17. The molecule has 2 fully saturated rings. The lowest BCUT2D eigenvalue weighted by atomic mass is 9.86. The number of ether oxygens (including phenoxy) is 1. The Bertz CT molecular complexity index is 1390. The highest BCUT2D eigenvalue weighted by molar-refractivity contribution is 5.99. The predicted octanol–water partition coefficient (Wildman–Crippen LogP) is 7.70. The molecule has 3 heterocycles. The van der Waals surface area contributed by atoms with Crippen LogP contribution in [0.5, 0.6) is 0 Å². The average molecular weight is 572 g/mol. The Balaban J connectivity index is 1.22. The van der Waals surface area contributed by atoms with Gasteiger partial charge in [-0.3, -0.25) is 5.32 Å². The molecule has 2 atom stereocenters. The first-order chi connectivity index (χ1) is 20.0. The topological polar surface area (TPSA) is 88.5 Å². The molecule has 224 valence electrons. The van der Waals surface area contributed by atoms with Crippen molar-refractivity contribution in [3.05, 3.63) is 71.4 Å². The molecule has 2 aliphatic heterocycles. The summed E-state index contributed by atoms with van der Waals surface area (Å²) in [5, 5.41) is 10.9. The van der Waals surface area contributed by atoms with Crippen molar-refractivity contribution >= 4 is 23.6 Å². The highest BCUT2D eigenvalue weighted by Gasteiger charge is 2.44. The van der Waals surface area contributed by atoms with Crippen LogP contribution in [0.25, 0.3) is 5.69 Å². The van der Waals surface area contributed by atoms with E-state index in [-0.39, 0.29) is 29.6 Å². The lowest BCUT2D eigenvalue weighted by Gasteiger charge is -2.38. The average Bonchev–Trinajstić information content (AvgIpc) is 3.46. The van der Waals surface area contributed by atoms with Crippen LogP contribution in [0.4, 0.5) is 21.1 Å². The van der Waals surface area contributed by atoms with Gasteiger partial charge >= 0.3 is 12.1 Å². The second kappa shape index (κ2) is 12.2. The molecule has 0 spiro atoms. The van der Waals surface area contributed by atoms with Crippen molar-refractivity contribution in [3.8, 4) is 5.69 Å². The molecule has 0 radical (unpaired) electrons. The zero-order valence-electron chi connectivity index (χ0n) is 25.8. The monoisotopic (exact) mass is 571 g/mol. The lowest BCUT2D eigenvalue weighted by Crippen LogP contribution is -2.47. The van der Waals surface area contributed by atoms with Crippen LogP contribution in [0.15, 0.2) is 54.6 Å². The number of carbonyl (C=O) groups is 2. The van der Waals surface area contributed by atoms with Gasteiger partial charge in [-0.15, -0.1) is 0 Å². The standard InChI is InChI=1S/C34H45N5O3/c1-22(2)21-42-33(41)38-28-14-15-29(38)19-25(18-28)16-24-8-7-9-26(17-24)35-32(40)36-31-20-30(34(4,5)6)37-39(31)27-12-10-23(3)11-13-27/h7-13,17,20,22,25,28-29H,14-16,18-19,21H2,1-6H3,(H2,35,36,40). The van der Waals surface area contributed by atoms with Crippen LogP contribution in [-0.2, 0) is 16.6 Å². The van der Waals surface area contributed by atoms with E-state index < -0.39 is 0 Å². The summed E-state index contributed by atoms with van der Waals surface area (Å²) in [6.07, 6.45) is 4.86. The number of benzene rings is 2. The maximum Gasteiger partial charge on any atom is 0.410 e. The van der Waals surface area contributed by atoms with E-state index in [0.29, 0.717) is 24.3 Å². The van der Waals surface area contributed by atoms with Gasteiger partial charge in [0.05, 0.1) is 18.0 Å². The molecule has 2 aromatic carbocycles. The molecule has 2 unspecified atom stereocenters. The Morgan fingerprint density at radius 2 is 1.69 bits per heavy atom. The van der Waals surface area contributed by atoms with E-state index in [2.05, 4.69) is 57.4 Å². The zero-order valence-corrected chi connectivity index (χ0v) is 25.8. The number of piperidine rings is 1. The summed E-state index contributed by atoms with van der Waals surface area (Å²) in [5.74, 6) is 1.45. The Hall–Kier alpha value is -3.81. The van der Waals surface area contributed by atoms with Crippen molar-refractivity contribution in [1.29, 1.82) is 0 Å². The molecule has 3 amide bonds. The summed E-state index contributed by atoms with van der Waals surface area (Å²) in [6.45, 7) is 13.0. The third-order valence-corrected chi connectivity index (χ3v) is 8.29. The maximum absolute atomic E-state index is 13.2. The van der Waals surface area contributed by atoms with Crippen LogP contribution < -0.4 is 10.6 Å². The molecule has 0 aliphatic carbocycles. The first-order valence-corrected chi connectivity index (χ1v) is 15.3. The van der Waals surface area contributed by atoms with Gasteiger partial charge in [-0.2, -0.15) is 5.10 Å². The number of aryl methyl sites for hydroxylation is 1. The first-order valence-electron chi connectivity index (χ1n) is 15.3. The normalized spacial score (nSPS) is 20.1. The second-order valence-corrected chi connectivity index (χ2v) is 13.5. The van der Waals surface area contributed by atoms with Gasteiger partial charge in [-0.05, 0) is 80.7 Å². The zero-order chi connectivity index (χ0) is 30.0. The van der Waals surface area contributed by atoms with E-state index in [1.165, 1.54) is 5.56 Å². The van der Waals surface area contributed by atoms with Crippen molar-refractivity contribution in [2.24, 2.45) is 11.8 Å². The van der Waals surface area contributed by atoms with Gasteiger partial charge in [-0.1, -0.05) is 64.4 Å². The molecule has 3 aromatic rings. The SMILES string of the molecule is Cc1ccc(-n2nc(C(C)(C)C)cc2NC(=O)Nc2cccc(CC3CC4CCC(C3)N4C(=O)OCC(C)C)c2)cc1. The molecular formula is C34H45N5O3. The number of anilines is 2. The van der Waals surface area contributed by atoms with Crippen LogP contribution in [0.2, 0.25) is 0 Å². The summed E-state index contributed by atoms with van der Waals surface area (Å²) < 4.78 is 7.35. The molecule has 2 bridgehead atoms. The van der Waals surface area contributed by atoms with E-state index in [1.54, 1.807) is 4.68 Å². The van der Waals surface area contributed by atoms with Gasteiger partial charge in [0, 0.05) is 29.3 Å². The maximum atomic E-state index is 13.2. The second-order valence-electron chi connectivity index (χ2n) is 13.5. The molecule has 2 aliphatic rings. The van der Waals surface area contributed by atoms with Crippen molar-refractivity contribution in [2.45, 2.75) is 91.1 Å². The van der Waals surface area contributed by atoms with Gasteiger partial charge in [0.2, 0.25) is 0 Å². The number of hydrogen-bond acceptors (Lipinski definition) is 4. The summed E-state index contributed by atoms with van der Waals surface area (Å²) in [7, 11) is 0. The molecule has 42 heavy (non-hydrogen) atoms. The van der Waals surface area contributed by atoms with E-state index >= 15 is 0 Å². The smallest absolute Gasteiger partial charge is 0.410 e. The van der Waals surface area contributed by atoms with Crippen LogP contribution in [0.3, 0.4) is 0 Å². The molecular weight excluding hydrogens is 526 g/mol. The fourth-order valence-electron chi connectivity index (χ4n) is 6.17. The highest BCUT2D eigenvalue weighted by atomic mass is 16.6. The molecule has 5 rings (SSSR count). The minimum Gasteiger partial charge on any atom is -0.449 e. The molecule has 8 heteroatoms. The number of carbonyl (C=O) groups excluding carboxylic acids is 2. The number of rotatable bonds is 7. The Morgan fingerprint density at radius 1 is 1.00 bits per heavy atom. The molecule has 8 nitrogen and oxygen atoms in total. The van der Waals surface area contributed by atoms with E-state index in [0.717, 1.165) is 54.7 Å². The molecule has 1 aromatic heterocycles. The van der Waals surface area contributed by atoms with Gasteiger partial charge in [0.25, 0.3) is 0 Å².